The molecule has 0 aliphatic rings. The van der Waals surface area contributed by atoms with Gasteiger partial charge in [-0.3, -0.25) is 0 Å². The first kappa shape index (κ1) is 13.2. The van der Waals surface area contributed by atoms with Crippen LogP contribution < -0.4 is 0 Å². The molecule has 6 heteroatoms. The highest BCUT2D eigenvalue weighted by Gasteiger charge is 1.88. The van der Waals surface area contributed by atoms with Crippen LogP contribution in [0.15, 0.2) is 9.98 Å². The molecule has 0 saturated carbocycles. The summed E-state index contributed by atoms with van der Waals surface area (Å²) in [6, 6.07) is 2.48. The fourth-order valence-electron chi connectivity index (χ4n) is 0.748. The van der Waals surface area contributed by atoms with E-state index in [4.69, 9.17) is 0 Å². The van der Waals surface area contributed by atoms with Crippen molar-refractivity contribution in [3.05, 3.63) is 0 Å². The molecule has 0 unspecified atom stereocenters. The molecule has 5 nitrogen and oxygen atoms in total. The van der Waals surface area contributed by atoms with Crippen LogP contribution in [0.4, 0.5) is 0 Å². The van der Waals surface area contributed by atoms with Gasteiger partial charge in [0.25, 0.3) is 0 Å². The van der Waals surface area contributed by atoms with Gasteiger partial charge in [0.1, 0.15) is 0 Å². The quantitative estimate of drug-likeness (QED) is 0.366. The molecule has 0 spiro atoms. The molecular formula is C8H16N3O2P. The highest BCUT2D eigenvalue weighted by molar-refractivity contribution is 7.30. The Balaban J connectivity index is 3.42. The van der Waals surface area contributed by atoms with Crippen molar-refractivity contribution in [3.63, 3.8) is 0 Å². The highest BCUT2D eigenvalue weighted by Crippen LogP contribution is 1.99. The third-order valence-electron chi connectivity index (χ3n) is 1.41. The summed E-state index contributed by atoms with van der Waals surface area (Å²) in [5, 5.41) is 0. The van der Waals surface area contributed by atoms with Crippen LogP contribution in [0.2, 0.25) is 0 Å². The second-order valence-corrected chi connectivity index (χ2v) is 4.19. The minimum absolute atomic E-state index is 0.0789. The predicted molar refractivity (Wildman–Crippen MR) is 55.9 cm³/mol. The van der Waals surface area contributed by atoms with Crippen LogP contribution in [0, 0.1) is 0 Å². The summed E-state index contributed by atoms with van der Waals surface area (Å²) in [7, 11) is 1.69. The van der Waals surface area contributed by atoms with Crippen LogP contribution >= 0.6 is 7.68 Å². The van der Waals surface area contributed by atoms with Gasteiger partial charge >= 0.3 is 7.68 Å². The van der Waals surface area contributed by atoms with Gasteiger partial charge in [-0.25, -0.2) is 19.1 Å². The first-order valence-corrected chi connectivity index (χ1v) is 5.83. The molecule has 0 rings (SSSR count). The zero-order chi connectivity index (χ0) is 10.8. The number of hydrogen-bond acceptors (Lipinski definition) is 5. The zero-order valence-electron chi connectivity index (χ0n) is 8.64. The third kappa shape index (κ3) is 11.2. The molecule has 14 heavy (non-hydrogen) atoms. The van der Waals surface area contributed by atoms with E-state index in [0.29, 0.717) is 6.54 Å². The summed E-state index contributed by atoms with van der Waals surface area (Å²) in [5.74, 6) is 0. The fourth-order valence-corrected chi connectivity index (χ4v) is 1.01. The molecule has 0 aliphatic heterocycles. The van der Waals surface area contributed by atoms with Gasteiger partial charge in [0.15, 0.2) is 0 Å². The molecule has 0 N–H and O–H groups in total. The van der Waals surface area contributed by atoms with Crippen molar-refractivity contribution < 1.29 is 9.13 Å². The Morgan fingerprint density at radius 3 is 2.43 bits per heavy atom. The van der Waals surface area contributed by atoms with E-state index in [1.165, 1.54) is 0 Å². The van der Waals surface area contributed by atoms with E-state index in [1.807, 2.05) is 14.1 Å². The molecule has 0 aromatic heterocycles. The second-order valence-electron chi connectivity index (χ2n) is 3.08. The first-order chi connectivity index (χ1) is 6.63. The number of rotatable bonds is 7. The van der Waals surface area contributed by atoms with Gasteiger partial charge in [-0.1, -0.05) is 0 Å². The lowest BCUT2D eigenvalue weighted by Crippen LogP contribution is -2.13. The van der Waals surface area contributed by atoms with Gasteiger partial charge in [0.05, 0.1) is 25.3 Å². The Hall–Kier alpha value is -0.760. The molecule has 0 radical (unpaired) electrons. The van der Waals surface area contributed by atoms with Crippen LogP contribution in [-0.4, -0.2) is 50.8 Å². The normalized spacial score (nSPS) is 9.64. The van der Waals surface area contributed by atoms with Gasteiger partial charge in [-0.2, -0.15) is 0 Å². The molecule has 0 fully saturated rings. The van der Waals surface area contributed by atoms with E-state index >= 15 is 0 Å². The Morgan fingerprint density at radius 1 is 1.21 bits per heavy atom. The molecule has 0 saturated heterocycles. The maximum absolute atomic E-state index is 10.1. The van der Waals surface area contributed by atoms with Crippen molar-refractivity contribution >= 4 is 13.7 Å². The standard InChI is InChI=1S/C8H16N3O2P/c1-11(2)6-3-4-9-8-10-5-7-14(12)13/h3-7H2,1-2H3. The van der Waals surface area contributed by atoms with Gasteiger partial charge in [-0.15, -0.1) is 0 Å². The Morgan fingerprint density at radius 2 is 1.86 bits per heavy atom. The van der Waals surface area contributed by atoms with Crippen LogP contribution in [-0.2, 0) is 9.13 Å². The fraction of sp³-hybridized carbons (Fsp3) is 0.875. The monoisotopic (exact) mass is 217 g/mol. The van der Waals surface area contributed by atoms with Gasteiger partial charge < -0.3 is 4.90 Å². The Labute approximate surface area is 84.8 Å². The lowest BCUT2D eigenvalue weighted by Gasteiger charge is -2.05. The van der Waals surface area contributed by atoms with E-state index in [2.05, 4.69) is 20.9 Å². The Kier molecular flexibility index (Phi) is 8.34. The molecule has 0 aromatic rings. The van der Waals surface area contributed by atoms with E-state index in [0.717, 1.165) is 13.0 Å². The number of hydrogen-bond donors (Lipinski definition) is 0. The summed E-state index contributed by atoms with van der Waals surface area (Å²) >= 11 is 0. The molecule has 0 heterocycles. The molecular weight excluding hydrogens is 201 g/mol. The van der Waals surface area contributed by atoms with Crippen molar-refractivity contribution in [2.75, 3.05) is 39.9 Å². The van der Waals surface area contributed by atoms with Crippen LogP contribution in [0.25, 0.3) is 0 Å². The lowest BCUT2D eigenvalue weighted by atomic mass is 10.4. The van der Waals surface area contributed by atoms with E-state index in [1.54, 1.807) is 0 Å². The van der Waals surface area contributed by atoms with Gasteiger partial charge in [0.2, 0.25) is 0 Å². The molecule has 0 aliphatic carbocycles. The smallest absolute Gasteiger partial charge is 0.309 e. The molecule has 0 amide bonds. The van der Waals surface area contributed by atoms with E-state index in [9.17, 15) is 9.13 Å². The zero-order valence-corrected chi connectivity index (χ0v) is 9.54. The number of aliphatic imine (C=N–C) groups is 2. The average Bonchev–Trinajstić information content (AvgIpc) is 2.08. The summed E-state index contributed by atoms with van der Waals surface area (Å²) in [5.41, 5.74) is 0. The van der Waals surface area contributed by atoms with E-state index in [-0.39, 0.29) is 12.7 Å². The minimum atomic E-state index is -2.32. The van der Waals surface area contributed by atoms with Crippen molar-refractivity contribution in [3.8, 4) is 0 Å². The highest BCUT2D eigenvalue weighted by atomic mass is 31.1. The van der Waals surface area contributed by atoms with Crippen LogP contribution in [0.3, 0.4) is 0 Å². The summed E-state index contributed by atoms with van der Waals surface area (Å²) < 4.78 is 20.2. The van der Waals surface area contributed by atoms with Gasteiger partial charge in [-0.05, 0) is 27.1 Å². The van der Waals surface area contributed by atoms with Crippen LogP contribution in [0.1, 0.15) is 6.42 Å². The maximum atomic E-state index is 10.1. The van der Waals surface area contributed by atoms with Crippen molar-refractivity contribution in [1.29, 1.82) is 0 Å². The molecule has 0 bridgehead atoms. The third-order valence-corrected chi connectivity index (χ3v) is 1.98. The molecule has 0 atom stereocenters. The Bertz CT molecular complexity index is 260. The SMILES string of the molecule is CN(C)CCCN=C=NCCP(=O)=O. The minimum Gasteiger partial charge on any atom is -0.309 e. The molecule has 80 valence electrons. The predicted octanol–water partition coefficient (Wildman–Crippen LogP) is 1.28. The van der Waals surface area contributed by atoms with Crippen molar-refractivity contribution in [2.24, 2.45) is 9.98 Å². The molecule has 0 aromatic carbocycles. The first-order valence-electron chi connectivity index (χ1n) is 4.47. The topological polar surface area (TPSA) is 62.1 Å². The van der Waals surface area contributed by atoms with E-state index < -0.39 is 7.68 Å². The van der Waals surface area contributed by atoms with Crippen LogP contribution in [0.5, 0.6) is 0 Å². The number of nitrogens with zero attached hydrogens (tertiary/aromatic N) is 3. The summed E-state index contributed by atoms with van der Waals surface area (Å²) in [6.45, 7) is 1.93. The van der Waals surface area contributed by atoms with Gasteiger partial charge in [0, 0.05) is 0 Å². The lowest BCUT2D eigenvalue weighted by molar-refractivity contribution is 0.403. The average molecular weight is 217 g/mol. The largest absolute Gasteiger partial charge is 0.317 e. The summed E-state index contributed by atoms with van der Waals surface area (Å²) in [6.07, 6.45) is 1.04. The maximum Gasteiger partial charge on any atom is 0.317 e. The van der Waals surface area contributed by atoms with Crippen molar-refractivity contribution in [2.45, 2.75) is 6.42 Å². The second kappa shape index (κ2) is 8.82. The van der Waals surface area contributed by atoms with Crippen molar-refractivity contribution in [1.82, 2.24) is 4.90 Å². The summed E-state index contributed by atoms with van der Waals surface area (Å²) in [4.78, 5) is 9.69.